The molecular formula is C20H19FN4O3. The molecular weight excluding hydrogens is 363 g/mol. The number of nitrogens with zero attached hydrogens (tertiary/aromatic N) is 3. The molecule has 0 spiro atoms. The van der Waals surface area contributed by atoms with Crippen LogP contribution >= 0.6 is 0 Å². The normalized spacial score (nSPS) is 15.7. The van der Waals surface area contributed by atoms with Gasteiger partial charge >= 0.3 is 0 Å². The van der Waals surface area contributed by atoms with Crippen LogP contribution in [-0.2, 0) is 24.4 Å². The first-order chi connectivity index (χ1) is 13.7. The van der Waals surface area contributed by atoms with Gasteiger partial charge in [-0.3, -0.25) is 4.79 Å². The molecule has 28 heavy (non-hydrogen) atoms. The summed E-state index contributed by atoms with van der Waals surface area (Å²) in [5.41, 5.74) is 2.21. The minimum absolute atomic E-state index is 0.0765. The summed E-state index contributed by atoms with van der Waals surface area (Å²) in [6, 6.07) is 13.9. The minimum Gasteiger partial charge on any atom is -0.497 e. The molecule has 1 aromatic heterocycles. The van der Waals surface area contributed by atoms with Gasteiger partial charge in [0.1, 0.15) is 17.7 Å². The van der Waals surface area contributed by atoms with Gasteiger partial charge in [-0.2, -0.15) is 0 Å². The molecule has 0 fully saturated rings. The van der Waals surface area contributed by atoms with Crippen molar-refractivity contribution in [3.05, 3.63) is 76.9 Å². The van der Waals surface area contributed by atoms with Crippen LogP contribution in [0.3, 0.4) is 0 Å². The van der Waals surface area contributed by atoms with Gasteiger partial charge in [0.15, 0.2) is 5.69 Å². The fourth-order valence-corrected chi connectivity index (χ4v) is 3.11. The summed E-state index contributed by atoms with van der Waals surface area (Å²) in [7, 11) is 1.62. The van der Waals surface area contributed by atoms with E-state index < -0.39 is 5.91 Å². The fourth-order valence-electron chi connectivity index (χ4n) is 3.11. The first-order valence-electron chi connectivity index (χ1n) is 8.85. The highest BCUT2D eigenvalue weighted by molar-refractivity contribution is 5.93. The highest BCUT2D eigenvalue weighted by atomic mass is 19.1. The van der Waals surface area contributed by atoms with Crippen molar-refractivity contribution in [2.45, 2.75) is 25.8 Å². The first kappa shape index (κ1) is 18.1. The number of nitrogens with one attached hydrogen (secondary N) is 1. The highest BCUT2D eigenvalue weighted by Crippen LogP contribution is 2.28. The van der Waals surface area contributed by atoms with Crippen LogP contribution < -0.4 is 10.1 Å². The molecule has 0 aliphatic carbocycles. The van der Waals surface area contributed by atoms with Gasteiger partial charge in [-0.1, -0.05) is 35.5 Å². The predicted molar refractivity (Wildman–Crippen MR) is 98.1 cm³/mol. The predicted octanol–water partition coefficient (Wildman–Crippen LogP) is 2.63. The third-order valence-electron chi connectivity index (χ3n) is 4.70. The van der Waals surface area contributed by atoms with Crippen LogP contribution in [0.2, 0.25) is 0 Å². The maximum Gasteiger partial charge on any atom is 0.274 e. The number of aromatic nitrogens is 3. The van der Waals surface area contributed by atoms with Crippen molar-refractivity contribution < 1.29 is 18.7 Å². The minimum atomic E-state index is -0.406. The van der Waals surface area contributed by atoms with E-state index in [0.29, 0.717) is 17.8 Å². The van der Waals surface area contributed by atoms with E-state index in [1.54, 1.807) is 30.0 Å². The molecule has 0 saturated heterocycles. The van der Waals surface area contributed by atoms with Crippen molar-refractivity contribution in [2.24, 2.45) is 0 Å². The number of rotatable bonds is 5. The molecule has 1 amide bonds. The van der Waals surface area contributed by atoms with Gasteiger partial charge in [-0.25, -0.2) is 9.07 Å². The lowest BCUT2D eigenvalue weighted by atomic mass is 10.1. The van der Waals surface area contributed by atoms with E-state index in [1.807, 2.05) is 24.3 Å². The summed E-state index contributed by atoms with van der Waals surface area (Å²) in [6.45, 7) is 0.745. The molecule has 1 N–H and O–H groups in total. The second-order valence-corrected chi connectivity index (χ2v) is 6.41. The molecule has 2 heterocycles. The Kier molecular flexibility index (Phi) is 5.03. The number of halogens is 1. The van der Waals surface area contributed by atoms with Crippen molar-refractivity contribution in [3.8, 4) is 5.75 Å². The molecule has 4 rings (SSSR count). The van der Waals surface area contributed by atoms with Crippen molar-refractivity contribution in [2.75, 3.05) is 7.11 Å². The Labute approximate surface area is 161 Å². The number of ether oxygens (including phenoxy) is 2. The van der Waals surface area contributed by atoms with Crippen molar-refractivity contribution in [1.29, 1.82) is 0 Å². The van der Waals surface area contributed by atoms with Gasteiger partial charge in [0.25, 0.3) is 5.91 Å². The number of hydrogen-bond acceptors (Lipinski definition) is 5. The molecule has 0 unspecified atom stereocenters. The molecule has 7 nitrogen and oxygen atoms in total. The third kappa shape index (κ3) is 3.59. The molecule has 1 atom stereocenters. The number of hydrogen-bond donors (Lipinski definition) is 1. The summed E-state index contributed by atoms with van der Waals surface area (Å²) < 4.78 is 26.5. The number of carbonyl (C=O) groups is 1. The number of benzene rings is 2. The van der Waals surface area contributed by atoms with Crippen LogP contribution in [0.4, 0.5) is 4.39 Å². The van der Waals surface area contributed by atoms with E-state index in [4.69, 9.17) is 9.47 Å². The van der Waals surface area contributed by atoms with Gasteiger partial charge in [0.05, 0.1) is 26.0 Å². The Morgan fingerprint density at radius 1 is 1.29 bits per heavy atom. The van der Waals surface area contributed by atoms with Gasteiger partial charge in [0.2, 0.25) is 0 Å². The summed E-state index contributed by atoms with van der Waals surface area (Å²) >= 11 is 0. The molecule has 3 aromatic rings. The maximum absolute atomic E-state index is 13.7. The van der Waals surface area contributed by atoms with Gasteiger partial charge < -0.3 is 14.8 Å². The monoisotopic (exact) mass is 382 g/mol. The van der Waals surface area contributed by atoms with Crippen LogP contribution in [0.5, 0.6) is 5.75 Å². The Morgan fingerprint density at radius 3 is 2.82 bits per heavy atom. The summed E-state index contributed by atoms with van der Waals surface area (Å²) in [5.74, 6) is 0.00396. The molecule has 2 aromatic carbocycles. The van der Waals surface area contributed by atoms with Crippen molar-refractivity contribution in [3.63, 3.8) is 0 Å². The van der Waals surface area contributed by atoms with Crippen LogP contribution in [0.25, 0.3) is 0 Å². The summed E-state index contributed by atoms with van der Waals surface area (Å²) in [6.07, 6.45) is -0.186. The summed E-state index contributed by atoms with van der Waals surface area (Å²) in [5, 5.41) is 10.8. The van der Waals surface area contributed by atoms with Crippen LogP contribution in [0.1, 0.15) is 33.4 Å². The smallest absolute Gasteiger partial charge is 0.274 e. The lowest BCUT2D eigenvalue weighted by molar-refractivity contribution is -0.00179. The molecule has 0 saturated carbocycles. The topological polar surface area (TPSA) is 78.3 Å². The maximum atomic E-state index is 13.7. The van der Waals surface area contributed by atoms with Crippen molar-refractivity contribution >= 4 is 5.91 Å². The summed E-state index contributed by atoms with van der Waals surface area (Å²) in [4.78, 5) is 12.5. The Hall–Kier alpha value is -3.26. The lowest BCUT2D eigenvalue weighted by Crippen LogP contribution is -2.27. The van der Waals surface area contributed by atoms with Gasteiger partial charge in [-0.15, -0.1) is 5.10 Å². The Morgan fingerprint density at radius 2 is 2.07 bits per heavy atom. The Balaban J connectivity index is 1.44. The van der Waals surface area contributed by atoms with Crippen LogP contribution in [0, 0.1) is 5.82 Å². The molecule has 144 valence electrons. The zero-order valence-electron chi connectivity index (χ0n) is 15.3. The molecule has 8 heteroatoms. The van der Waals surface area contributed by atoms with E-state index in [0.717, 1.165) is 11.3 Å². The van der Waals surface area contributed by atoms with Crippen LogP contribution in [0.15, 0.2) is 48.5 Å². The zero-order chi connectivity index (χ0) is 19.5. The average Bonchev–Trinajstić information content (AvgIpc) is 3.16. The average molecular weight is 382 g/mol. The molecule has 0 radical (unpaired) electrons. The van der Waals surface area contributed by atoms with Crippen molar-refractivity contribution in [1.82, 2.24) is 20.3 Å². The first-order valence-corrected chi connectivity index (χ1v) is 8.85. The molecule has 1 aliphatic rings. The SMILES string of the molecule is COc1ccc([C@H]2Cn3nnc(C(=O)NCc4ccccc4F)c3CO2)cc1. The van der Waals surface area contributed by atoms with Gasteiger partial charge in [0, 0.05) is 12.1 Å². The van der Waals surface area contributed by atoms with E-state index in [9.17, 15) is 9.18 Å². The second kappa shape index (κ2) is 7.77. The van der Waals surface area contributed by atoms with E-state index in [1.165, 1.54) is 6.07 Å². The molecule has 1 aliphatic heterocycles. The number of fused-ring (bicyclic) bond motifs is 1. The molecule has 0 bridgehead atoms. The second-order valence-electron chi connectivity index (χ2n) is 6.41. The zero-order valence-corrected chi connectivity index (χ0v) is 15.3. The number of methoxy groups -OCH3 is 1. The Bertz CT molecular complexity index is 987. The van der Waals surface area contributed by atoms with E-state index in [-0.39, 0.29) is 30.8 Å². The van der Waals surface area contributed by atoms with E-state index in [2.05, 4.69) is 15.6 Å². The number of carbonyl (C=O) groups excluding carboxylic acids is 1. The number of amides is 1. The fraction of sp³-hybridized carbons (Fsp3) is 0.250. The largest absolute Gasteiger partial charge is 0.497 e. The third-order valence-corrected chi connectivity index (χ3v) is 4.70. The van der Waals surface area contributed by atoms with E-state index >= 15 is 0 Å². The standard InChI is InChI=1S/C20H19FN4O3/c1-27-15-8-6-13(7-9-15)18-11-25-17(12-28-18)19(23-24-25)20(26)22-10-14-4-2-3-5-16(14)21/h2-9,18H,10-12H2,1H3,(H,22,26)/t18-/m1/s1. The lowest BCUT2D eigenvalue weighted by Gasteiger charge is -2.24. The highest BCUT2D eigenvalue weighted by Gasteiger charge is 2.27. The quantitative estimate of drug-likeness (QED) is 0.734. The van der Waals surface area contributed by atoms with Gasteiger partial charge in [-0.05, 0) is 23.8 Å². The van der Waals surface area contributed by atoms with Crippen LogP contribution in [-0.4, -0.2) is 28.0 Å².